The predicted octanol–water partition coefficient (Wildman–Crippen LogP) is 2.17. The summed E-state index contributed by atoms with van der Waals surface area (Å²) in [6.45, 7) is 15.8. The lowest BCUT2D eigenvalue weighted by Gasteiger charge is -2.30. The topological polar surface area (TPSA) is 48.9 Å². The summed E-state index contributed by atoms with van der Waals surface area (Å²) in [5.74, 6) is 0.837. The maximum absolute atomic E-state index is 5.53. The van der Waals surface area contributed by atoms with Crippen LogP contribution in [0.2, 0.25) is 0 Å². The average Bonchev–Trinajstić information content (AvgIpc) is 2.40. The Kier molecular flexibility index (Phi) is 13.8. The Labute approximate surface area is 148 Å². The van der Waals surface area contributed by atoms with Gasteiger partial charge in [-0.05, 0) is 18.5 Å². The van der Waals surface area contributed by atoms with Gasteiger partial charge in [0, 0.05) is 33.8 Å². The number of likely N-dealkylation sites (N-methyl/N-ethyl adjacent to an activating group) is 1. The first-order valence-electron chi connectivity index (χ1n) is 7.58. The molecule has 0 radical (unpaired) electrons. The Hall–Kier alpha value is -0.0800. The third kappa shape index (κ3) is 10.3. The van der Waals surface area contributed by atoms with Gasteiger partial charge < -0.3 is 20.3 Å². The number of halogens is 1. The van der Waals surface area contributed by atoms with E-state index in [4.69, 9.17) is 4.74 Å². The fraction of sp³-hybridized carbons (Fsp3) is 0.933. The van der Waals surface area contributed by atoms with Crippen LogP contribution in [0.3, 0.4) is 0 Å². The maximum Gasteiger partial charge on any atom is 0.191 e. The SMILES string of the molecule is CCN(CC)CCNC(=NC)NCC(OC)C(C)(C)C.I. The summed E-state index contributed by atoms with van der Waals surface area (Å²) in [5.41, 5.74) is 0.113. The number of rotatable bonds is 8. The lowest BCUT2D eigenvalue weighted by molar-refractivity contribution is 0.0205. The predicted molar refractivity (Wildman–Crippen MR) is 103 cm³/mol. The molecule has 0 spiro atoms. The zero-order valence-corrected chi connectivity index (χ0v) is 17.2. The van der Waals surface area contributed by atoms with Crippen LogP contribution < -0.4 is 10.6 Å². The lowest BCUT2D eigenvalue weighted by Crippen LogP contribution is -2.46. The Bertz CT molecular complexity index is 275. The molecule has 6 heteroatoms. The van der Waals surface area contributed by atoms with Crippen LogP contribution in [0.1, 0.15) is 34.6 Å². The quantitative estimate of drug-likeness (QED) is 0.363. The molecule has 0 rings (SSSR count). The number of methoxy groups -OCH3 is 1. The van der Waals surface area contributed by atoms with Crippen LogP contribution in [-0.2, 0) is 4.74 Å². The largest absolute Gasteiger partial charge is 0.379 e. The minimum absolute atomic E-state index is 0. The van der Waals surface area contributed by atoms with E-state index in [0.717, 1.165) is 38.7 Å². The van der Waals surface area contributed by atoms with Crippen molar-refractivity contribution in [3.8, 4) is 0 Å². The van der Waals surface area contributed by atoms with Gasteiger partial charge in [0.1, 0.15) is 0 Å². The van der Waals surface area contributed by atoms with Crippen molar-refractivity contribution in [1.82, 2.24) is 15.5 Å². The molecule has 2 N–H and O–H groups in total. The average molecular weight is 414 g/mol. The van der Waals surface area contributed by atoms with Crippen molar-refractivity contribution < 1.29 is 4.74 Å². The van der Waals surface area contributed by atoms with E-state index in [-0.39, 0.29) is 35.5 Å². The third-order valence-electron chi connectivity index (χ3n) is 3.54. The van der Waals surface area contributed by atoms with Crippen molar-refractivity contribution in [2.75, 3.05) is 46.9 Å². The fourth-order valence-corrected chi connectivity index (χ4v) is 2.03. The highest BCUT2D eigenvalue weighted by Crippen LogP contribution is 2.20. The molecule has 0 aliphatic rings. The minimum Gasteiger partial charge on any atom is -0.379 e. The van der Waals surface area contributed by atoms with Crippen LogP contribution in [0.15, 0.2) is 4.99 Å². The molecule has 128 valence electrons. The Morgan fingerprint density at radius 2 is 1.76 bits per heavy atom. The van der Waals surface area contributed by atoms with Crippen LogP contribution in [0.25, 0.3) is 0 Å². The van der Waals surface area contributed by atoms with E-state index in [9.17, 15) is 0 Å². The highest BCUT2D eigenvalue weighted by molar-refractivity contribution is 14.0. The van der Waals surface area contributed by atoms with E-state index in [1.54, 1.807) is 14.2 Å². The van der Waals surface area contributed by atoms with Gasteiger partial charge in [-0.1, -0.05) is 34.6 Å². The molecule has 0 fully saturated rings. The first-order chi connectivity index (χ1) is 9.38. The number of aliphatic imine (C=N–C) groups is 1. The molecule has 0 saturated heterocycles. The van der Waals surface area contributed by atoms with Crippen LogP contribution in [-0.4, -0.2) is 63.8 Å². The van der Waals surface area contributed by atoms with Gasteiger partial charge in [-0.25, -0.2) is 0 Å². The summed E-state index contributed by atoms with van der Waals surface area (Å²) in [7, 11) is 3.56. The molecule has 0 saturated carbocycles. The van der Waals surface area contributed by atoms with Crippen LogP contribution in [0.5, 0.6) is 0 Å². The van der Waals surface area contributed by atoms with E-state index < -0.39 is 0 Å². The highest BCUT2D eigenvalue weighted by Gasteiger charge is 2.24. The van der Waals surface area contributed by atoms with Crippen molar-refractivity contribution in [1.29, 1.82) is 0 Å². The van der Waals surface area contributed by atoms with E-state index in [1.807, 2.05) is 0 Å². The molecule has 5 nitrogen and oxygen atoms in total. The van der Waals surface area contributed by atoms with Gasteiger partial charge in [0.25, 0.3) is 0 Å². The normalized spacial score (nSPS) is 13.8. The van der Waals surface area contributed by atoms with Gasteiger partial charge >= 0.3 is 0 Å². The number of nitrogens with one attached hydrogen (secondary N) is 2. The van der Waals surface area contributed by atoms with Gasteiger partial charge in [0.15, 0.2) is 5.96 Å². The van der Waals surface area contributed by atoms with E-state index in [2.05, 4.69) is 55.1 Å². The molecule has 0 heterocycles. The second-order valence-electron chi connectivity index (χ2n) is 6.00. The molecule has 0 aliphatic heterocycles. The molecule has 0 aromatic carbocycles. The van der Waals surface area contributed by atoms with E-state index in [0.29, 0.717) is 0 Å². The number of nitrogens with zero attached hydrogens (tertiary/aromatic N) is 2. The van der Waals surface area contributed by atoms with Gasteiger partial charge in [0.2, 0.25) is 0 Å². The molecule has 0 aromatic heterocycles. The fourth-order valence-electron chi connectivity index (χ4n) is 2.03. The second kappa shape index (κ2) is 12.5. The molecule has 1 unspecified atom stereocenters. The van der Waals surface area contributed by atoms with Gasteiger partial charge in [-0.15, -0.1) is 24.0 Å². The standard InChI is InChI=1S/C15H34N4O.HI/c1-8-19(9-2)11-10-17-14(16-6)18-12-13(20-7)15(3,4)5;/h13H,8-12H2,1-7H3,(H2,16,17,18);1H. The number of hydrogen-bond acceptors (Lipinski definition) is 3. The summed E-state index contributed by atoms with van der Waals surface area (Å²) >= 11 is 0. The van der Waals surface area contributed by atoms with Crippen LogP contribution >= 0.6 is 24.0 Å². The number of hydrogen-bond donors (Lipinski definition) is 2. The summed E-state index contributed by atoms with van der Waals surface area (Å²) in [6, 6.07) is 0. The highest BCUT2D eigenvalue weighted by atomic mass is 127. The Balaban J connectivity index is 0. The summed E-state index contributed by atoms with van der Waals surface area (Å²) in [6.07, 6.45) is 0.156. The molecular formula is C15H35IN4O. The van der Waals surface area contributed by atoms with Crippen molar-refractivity contribution in [2.45, 2.75) is 40.7 Å². The van der Waals surface area contributed by atoms with Crippen molar-refractivity contribution >= 4 is 29.9 Å². The molecule has 0 amide bonds. The van der Waals surface area contributed by atoms with Crippen LogP contribution in [0, 0.1) is 5.41 Å². The summed E-state index contributed by atoms with van der Waals surface area (Å²) in [5, 5.41) is 6.67. The summed E-state index contributed by atoms with van der Waals surface area (Å²) < 4.78 is 5.53. The molecule has 0 bridgehead atoms. The van der Waals surface area contributed by atoms with Gasteiger partial charge in [-0.3, -0.25) is 4.99 Å². The molecule has 0 aliphatic carbocycles. The molecule has 1 atom stereocenters. The lowest BCUT2D eigenvalue weighted by atomic mass is 9.89. The van der Waals surface area contributed by atoms with Crippen molar-refractivity contribution in [2.24, 2.45) is 10.4 Å². The molecule has 21 heavy (non-hydrogen) atoms. The number of ether oxygens (including phenoxy) is 1. The van der Waals surface area contributed by atoms with E-state index >= 15 is 0 Å². The molecule has 0 aromatic rings. The summed E-state index contributed by atoms with van der Waals surface area (Å²) in [4.78, 5) is 6.63. The first-order valence-corrected chi connectivity index (χ1v) is 7.58. The van der Waals surface area contributed by atoms with Crippen molar-refractivity contribution in [3.05, 3.63) is 0 Å². The number of guanidine groups is 1. The monoisotopic (exact) mass is 414 g/mol. The maximum atomic E-state index is 5.53. The first kappa shape index (κ1) is 23.2. The Morgan fingerprint density at radius 3 is 2.14 bits per heavy atom. The Morgan fingerprint density at radius 1 is 1.19 bits per heavy atom. The second-order valence-corrected chi connectivity index (χ2v) is 6.00. The third-order valence-corrected chi connectivity index (χ3v) is 3.54. The van der Waals surface area contributed by atoms with Crippen molar-refractivity contribution in [3.63, 3.8) is 0 Å². The molecular weight excluding hydrogens is 379 g/mol. The zero-order valence-electron chi connectivity index (χ0n) is 14.8. The minimum atomic E-state index is 0. The van der Waals surface area contributed by atoms with Gasteiger partial charge in [-0.2, -0.15) is 0 Å². The zero-order chi connectivity index (χ0) is 15.6. The van der Waals surface area contributed by atoms with Crippen LogP contribution in [0.4, 0.5) is 0 Å². The smallest absolute Gasteiger partial charge is 0.191 e. The van der Waals surface area contributed by atoms with Gasteiger partial charge in [0.05, 0.1) is 6.10 Å². The van der Waals surface area contributed by atoms with E-state index in [1.165, 1.54) is 0 Å².